The van der Waals surface area contributed by atoms with Crippen molar-refractivity contribution in [3.8, 4) is 0 Å². The van der Waals surface area contributed by atoms with Gasteiger partial charge in [-0.2, -0.15) is 8.61 Å². The maximum atomic E-state index is 13.3. The number of hydrogen-bond acceptors (Lipinski definition) is 4. The number of rotatable bonds is 4. The molecule has 2 aromatic rings. The summed E-state index contributed by atoms with van der Waals surface area (Å²) in [5.74, 6) is -1.48. The fourth-order valence-electron chi connectivity index (χ4n) is 2.92. The maximum absolute atomic E-state index is 13.3. The Morgan fingerprint density at radius 2 is 1.07 bits per heavy atom. The van der Waals surface area contributed by atoms with Gasteiger partial charge in [0.15, 0.2) is 0 Å². The van der Waals surface area contributed by atoms with Gasteiger partial charge in [-0.25, -0.2) is 25.6 Å². The van der Waals surface area contributed by atoms with Gasteiger partial charge in [0.2, 0.25) is 20.0 Å². The van der Waals surface area contributed by atoms with Crippen molar-refractivity contribution in [1.82, 2.24) is 8.61 Å². The molecular formula is C17H16Cl2F2N2O4S2. The van der Waals surface area contributed by atoms with Gasteiger partial charge in [0, 0.05) is 26.2 Å². The molecule has 1 fully saturated rings. The molecule has 1 aliphatic rings. The summed E-state index contributed by atoms with van der Waals surface area (Å²) >= 11 is 11.4. The average molecular weight is 485 g/mol. The number of sulfonamides is 2. The molecule has 3 rings (SSSR count). The zero-order chi connectivity index (χ0) is 21.4. The minimum Gasteiger partial charge on any atom is -0.207 e. The first-order chi connectivity index (χ1) is 13.5. The minimum atomic E-state index is -3.98. The van der Waals surface area contributed by atoms with Crippen molar-refractivity contribution >= 4 is 43.2 Å². The number of nitrogens with zero attached hydrogens (tertiary/aromatic N) is 2. The standard InChI is InChI=1S/C17H16Cl2F2N2O4S2/c18-14-10-12(2-4-16(14)20)28(24,25)22-6-1-7-23(9-8-22)29(26,27)13-3-5-17(21)15(19)11-13/h2-5,10-11H,1,6-9H2. The molecule has 0 N–H and O–H groups in total. The van der Waals surface area contributed by atoms with E-state index in [4.69, 9.17) is 23.2 Å². The van der Waals surface area contributed by atoms with Gasteiger partial charge in [0.25, 0.3) is 0 Å². The molecule has 2 aromatic carbocycles. The van der Waals surface area contributed by atoms with Crippen molar-refractivity contribution < 1.29 is 25.6 Å². The molecule has 0 radical (unpaired) electrons. The molecule has 29 heavy (non-hydrogen) atoms. The van der Waals surface area contributed by atoms with Crippen LogP contribution in [0.25, 0.3) is 0 Å². The smallest absolute Gasteiger partial charge is 0.207 e. The molecule has 0 unspecified atom stereocenters. The molecule has 0 aromatic heterocycles. The highest BCUT2D eigenvalue weighted by molar-refractivity contribution is 7.89. The third-order valence-corrected chi connectivity index (χ3v) is 8.84. The summed E-state index contributed by atoms with van der Waals surface area (Å²) in [6, 6.07) is 6.18. The van der Waals surface area contributed by atoms with E-state index in [0.717, 1.165) is 45.0 Å². The van der Waals surface area contributed by atoms with Crippen molar-refractivity contribution in [3.05, 3.63) is 58.1 Å². The summed E-state index contributed by atoms with van der Waals surface area (Å²) in [6.45, 7) is -0.0575. The second-order valence-corrected chi connectivity index (χ2v) is 11.0. The predicted molar refractivity (Wildman–Crippen MR) is 105 cm³/mol. The highest BCUT2D eigenvalue weighted by atomic mass is 35.5. The van der Waals surface area contributed by atoms with E-state index in [9.17, 15) is 25.6 Å². The fourth-order valence-corrected chi connectivity index (χ4v) is 6.41. The zero-order valence-electron chi connectivity index (χ0n) is 14.9. The van der Waals surface area contributed by atoms with E-state index in [2.05, 4.69) is 0 Å². The van der Waals surface area contributed by atoms with E-state index in [1.165, 1.54) is 0 Å². The highest BCUT2D eigenvalue weighted by Gasteiger charge is 2.32. The first kappa shape index (κ1) is 22.4. The summed E-state index contributed by atoms with van der Waals surface area (Å²) in [5, 5.41) is -0.642. The third kappa shape index (κ3) is 4.57. The van der Waals surface area contributed by atoms with Crippen LogP contribution in [0.5, 0.6) is 0 Å². The third-order valence-electron chi connectivity index (χ3n) is 4.47. The monoisotopic (exact) mass is 484 g/mol. The predicted octanol–water partition coefficient (Wildman–Crippen LogP) is 3.36. The number of benzene rings is 2. The SMILES string of the molecule is O=S(=O)(c1ccc(F)c(Cl)c1)N1CCCN(S(=O)(=O)c2ccc(F)c(Cl)c2)CC1. The molecule has 158 valence electrons. The van der Waals surface area contributed by atoms with Gasteiger partial charge in [-0.05, 0) is 42.8 Å². The average Bonchev–Trinajstić information content (AvgIpc) is 2.93. The summed E-state index contributed by atoms with van der Waals surface area (Å²) in [5.41, 5.74) is 0. The van der Waals surface area contributed by atoms with Gasteiger partial charge in [0.05, 0.1) is 19.8 Å². The number of hydrogen-bond donors (Lipinski definition) is 0. The van der Waals surface area contributed by atoms with Gasteiger partial charge < -0.3 is 0 Å². The summed E-state index contributed by atoms with van der Waals surface area (Å²) < 4.78 is 80.3. The summed E-state index contributed by atoms with van der Waals surface area (Å²) in [7, 11) is -7.96. The van der Waals surface area contributed by atoms with Crippen LogP contribution in [0.15, 0.2) is 46.2 Å². The van der Waals surface area contributed by atoms with Crippen molar-refractivity contribution in [3.63, 3.8) is 0 Å². The van der Waals surface area contributed by atoms with E-state index in [0.29, 0.717) is 0 Å². The van der Waals surface area contributed by atoms with Crippen LogP contribution in [0.3, 0.4) is 0 Å². The second kappa shape index (κ2) is 8.44. The van der Waals surface area contributed by atoms with Crippen LogP contribution in [0.1, 0.15) is 6.42 Å². The molecule has 0 spiro atoms. The Kier molecular flexibility index (Phi) is 6.52. The van der Waals surface area contributed by atoms with E-state index in [-0.39, 0.29) is 52.4 Å². The molecule has 6 nitrogen and oxygen atoms in total. The van der Waals surface area contributed by atoms with Crippen LogP contribution in [-0.4, -0.2) is 51.6 Å². The Morgan fingerprint density at radius 3 is 1.41 bits per heavy atom. The maximum Gasteiger partial charge on any atom is 0.243 e. The number of halogens is 4. The van der Waals surface area contributed by atoms with Crippen LogP contribution in [0.4, 0.5) is 8.78 Å². The Balaban J connectivity index is 1.82. The van der Waals surface area contributed by atoms with Crippen molar-refractivity contribution in [1.29, 1.82) is 0 Å². The summed E-state index contributed by atoms with van der Waals surface area (Å²) in [4.78, 5) is -0.351. The second-order valence-electron chi connectivity index (χ2n) is 6.31. The molecule has 0 atom stereocenters. The van der Waals surface area contributed by atoms with E-state index in [1.807, 2.05) is 0 Å². The van der Waals surface area contributed by atoms with Gasteiger partial charge in [-0.3, -0.25) is 0 Å². The highest BCUT2D eigenvalue weighted by Crippen LogP contribution is 2.26. The van der Waals surface area contributed by atoms with Gasteiger partial charge in [-0.15, -0.1) is 0 Å². The Hall–Kier alpha value is -1.30. The van der Waals surface area contributed by atoms with E-state index < -0.39 is 31.7 Å². The normalized spacial score (nSPS) is 17.2. The van der Waals surface area contributed by atoms with E-state index in [1.54, 1.807) is 0 Å². The quantitative estimate of drug-likeness (QED) is 0.666. The van der Waals surface area contributed by atoms with Crippen molar-refractivity contribution in [2.24, 2.45) is 0 Å². The van der Waals surface area contributed by atoms with E-state index >= 15 is 0 Å². The lowest BCUT2D eigenvalue weighted by Crippen LogP contribution is -2.37. The van der Waals surface area contributed by atoms with Crippen LogP contribution in [0.2, 0.25) is 10.0 Å². The van der Waals surface area contributed by atoms with Crippen molar-refractivity contribution in [2.45, 2.75) is 16.2 Å². The molecule has 0 aliphatic carbocycles. The zero-order valence-corrected chi connectivity index (χ0v) is 18.0. The topological polar surface area (TPSA) is 74.8 Å². The molecule has 12 heteroatoms. The van der Waals surface area contributed by atoms with Crippen LogP contribution < -0.4 is 0 Å². The molecular weight excluding hydrogens is 469 g/mol. The Bertz CT molecular complexity index is 1050. The van der Waals surface area contributed by atoms with Crippen LogP contribution >= 0.6 is 23.2 Å². The lowest BCUT2D eigenvalue weighted by Gasteiger charge is -2.22. The summed E-state index contributed by atoms with van der Waals surface area (Å²) in [6.07, 6.45) is 0.238. The first-order valence-electron chi connectivity index (χ1n) is 8.44. The molecule has 0 bridgehead atoms. The van der Waals surface area contributed by atoms with Crippen molar-refractivity contribution in [2.75, 3.05) is 26.2 Å². The Morgan fingerprint density at radius 1 is 0.690 bits per heavy atom. The van der Waals surface area contributed by atoms with Gasteiger partial charge in [-0.1, -0.05) is 23.2 Å². The molecule has 0 amide bonds. The molecule has 1 aliphatic heterocycles. The Labute approximate surface area is 177 Å². The molecule has 1 saturated heterocycles. The lowest BCUT2D eigenvalue weighted by atomic mass is 10.3. The fraction of sp³-hybridized carbons (Fsp3) is 0.294. The van der Waals surface area contributed by atoms with Crippen LogP contribution in [-0.2, 0) is 20.0 Å². The van der Waals surface area contributed by atoms with Crippen LogP contribution in [0, 0.1) is 11.6 Å². The molecule has 0 saturated carbocycles. The van der Waals surface area contributed by atoms with Gasteiger partial charge in [0.1, 0.15) is 11.6 Å². The first-order valence-corrected chi connectivity index (χ1v) is 12.1. The largest absolute Gasteiger partial charge is 0.243 e. The lowest BCUT2D eigenvalue weighted by molar-refractivity contribution is 0.404. The van der Waals surface area contributed by atoms with Gasteiger partial charge >= 0.3 is 0 Å². The minimum absolute atomic E-state index is 0.0769. The molecule has 1 heterocycles.